The number of anilines is 2. The molecular weight excluding hydrogens is 262 g/mol. The Hall–Kier alpha value is -2.34. The minimum Gasteiger partial charge on any atom is -0.341 e. The van der Waals surface area contributed by atoms with Crippen LogP contribution in [-0.4, -0.2) is 19.0 Å². The summed E-state index contributed by atoms with van der Waals surface area (Å²) in [4.78, 5) is 23.6. The molecule has 98 valence electrons. The molecule has 1 heterocycles. The standard InChI is InChI=1S/C13H13N3O2S/c1-14-13(18)16-10-6-4-9(5-7-10)15-12(17)11-3-2-8-19-11/h2-8H,1H3,(H,15,17)(H2,14,16,18). The predicted octanol–water partition coefficient (Wildman–Crippen LogP) is 2.75. The molecule has 0 saturated heterocycles. The van der Waals surface area contributed by atoms with Crippen molar-refractivity contribution in [3.05, 3.63) is 46.7 Å². The van der Waals surface area contributed by atoms with Crippen molar-refractivity contribution in [2.45, 2.75) is 0 Å². The van der Waals surface area contributed by atoms with E-state index in [1.165, 1.54) is 11.3 Å². The minimum absolute atomic E-state index is 0.137. The molecule has 6 heteroatoms. The van der Waals surface area contributed by atoms with Crippen molar-refractivity contribution >= 4 is 34.6 Å². The molecule has 0 aliphatic carbocycles. The number of carbonyl (C=O) groups is 2. The van der Waals surface area contributed by atoms with Gasteiger partial charge in [-0.1, -0.05) is 6.07 Å². The van der Waals surface area contributed by atoms with Crippen LogP contribution in [0.15, 0.2) is 41.8 Å². The Morgan fingerprint density at radius 3 is 2.16 bits per heavy atom. The average molecular weight is 275 g/mol. The third-order valence-corrected chi connectivity index (χ3v) is 3.24. The van der Waals surface area contributed by atoms with E-state index in [0.29, 0.717) is 16.3 Å². The maximum atomic E-state index is 11.8. The van der Waals surface area contributed by atoms with E-state index in [1.54, 1.807) is 37.4 Å². The second-order valence-corrected chi connectivity index (χ2v) is 4.66. The van der Waals surface area contributed by atoms with Crippen LogP contribution in [0.1, 0.15) is 9.67 Å². The van der Waals surface area contributed by atoms with Gasteiger partial charge in [0.1, 0.15) is 0 Å². The van der Waals surface area contributed by atoms with Crippen LogP contribution >= 0.6 is 11.3 Å². The maximum Gasteiger partial charge on any atom is 0.318 e. The first-order valence-corrected chi connectivity index (χ1v) is 6.50. The van der Waals surface area contributed by atoms with Crippen molar-refractivity contribution in [1.29, 1.82) is 0 Å². The number of hydrogen-bond donors (Lipinski definition) is 3. The second kappa shape index (κ2) is 6.01. The molecular formula is C13H13N3O2S. The lowest BCUT2D eigenvalue weighted by Gasteiger charge is -2.06. The molecule has 0 aliphatic heterocycles. The predicted molar refractivity (Wildman–Crippen MR) is 76.8 cm³/mol. The molecule has 0 bridgehead atoms. The van der Waals surface area contributed by atoms with E-state index in [0.717, 1.165) is 0 Å². The quantitative estimate of drug-likeness (QED) is 0.806. The molecule has 0 unspecified atom stereocenters. The largest absolute Gasteiger partial charge is 0.341 e. The molecule has 3 N–H and O–H groups in total. The van der Waals surface area contributed by atoms with E-state index in [1.807, 2.05) is 11.4 Å². The highest BCUT2D eigenvalue weighted by Gasteiger charge is 2.06. The number of amides is 3. The van der Waals surface area contributed by atoms with Crippen molar-refractivity contribution < 1.29 is 9.59 Å². The Bertz CT molecular complexity index is 564. The van der Waals surface area contributed by atoms with E-state index in [4.69, 9.17) is 0 Å². The third-order valence-electron chi connectivity index (χ3n) is 2.37. The van der Waals surface area contributed by atoms with E-state index in [9.17, 15) is 9.59 Å². The summed E-state index contributed by atoms with van der Waals surface area (Å²) in [7, 11) is 1.55. The van der Waals surface area contributed by atoms with Gasteiger partial charge in [-0.3, -0.25) is 4.79 Å². The van der Waals surface area contributed by atoms with E-state index in [-0.39, 0.29) is 11.9 Å². The number of nitrogens with one attached hydrogen (secondary N) is 3. The minimum atomic E-state index is -0.282. The zero-order chi connectivity index (χ0) is 13.7. The van der Waals surface area contributed by atoms with Gasteiger partial charge >= 0.3 is 6.03 Å². The van der Waals surface area contributed by atoms with Crippen LogP contribution in [0, 0.1) is 0 Å². The Morgan fingerprint density at radius 2 is 1.63 bits per heavy atom. The van der Waals surface area contributed by atoms with Crippen LogP contribution in [-0.2, 0) is 0 Å². The lowest BCUT2D eigenvalue weighted by atomic mass is 10.2. The van der Waals surface area contributed by atoms with Gasteiger partial charge in [-0.05, 0) is 35.7 Å². The molecule has 2 rings (SSSR count). The summed E-state index contributed by atoms with van der Waals surface area (Å²) in [5.41, 5.74) is 1.34. The second-order valence-electron chi connectivity index (χ2n) is 3.71. The summed E-state index contributed by atoms with van der Waals surface area (Å²) < 4.78 is 0. The van der Waals surface area contributed by atoms with Crippen molar-refractivity contribution in [3.63, 3.8) is 0 Å². The molecule has 0 radical (unpaired) electrons. The summed E-state index contributed by atoms with van der Waals surface area (Å²) in [5, 5.41) is 9.73. The molecule has 0 fully saturated rings. The Morgan fingerprint density at radius 1 is 1.00 bits per heavy atom. The first kappa shape index (κ1) is 13.1. The van der Waals surface area contributed by atoms with E-state index >= 15 is 0 Å². The molecule has 0 spiro atoms. The van der Waals surface area contributed by atoms with Gasteiger partial charge in [0.15, 0.2) is 0 Å². The molecule has 0 aliphatic rings. The van der Waals surface area contributed by atoms with Crippen molar-refractivity contribution in [2.75, 3.05) is 17.7 Å². The Labute approximate surface area is 114 Å². The van der Waals surface area contributed by atoms with Crippen molar-refractivity contribution in [3.8, 4) is 0 Å². The molecule has 0 atom stereocenters. The average Bonchev–Trinajstić information content (AvgIpc) is 2.95. The smallest absolute Gasteiger partial charge is 0.318 e. The normalized spacial score (nSPS) is 9.74. The van der Waals surface area contributed by atoms with Gasteiger partial charge in [-0.2, -0.15) is 0 Å². The number of benzene rings is 1. The van der Waals surface area contributed by atoms with Gasteiger partial charge in [0.25, 0.3) is 5.91 Å². The van der Waals surface area contributed by atoms with Crippen molar-refractivity contribution in [1.82, 2.24) is 5.32 Å². The van der Waals surface area contributed by atoms with Crippen LogP contribution < -0.4 is 16.0 Å². The number of urea groups is 1. The lowest BCUT2D eigenvalue weighted by molar-refractivity contribution is 0.103. The fourth-order valence-electron chi connectivity index (χ4n) is 1.43. The van der Waals surface area contributed by atoms with Gasteiger partial charge in [0.2, 0.25) is 0 Å². The first-order chi connectivity index (χ1) is 9.19. The van der Waals surface area contributed by atoms with Crippen LogP contribution in [0.4, 0.5) is 16.2 Å². The number of thiophene rings is 1. The molecule has 5 nitrogen and oxygen atoms in total. The highest BCUT2D eigenvalue weighted by molar-refractivity contribution is 7.12. The third kappa shape index (κ3) is 3.56. The van der Waals surface area contributed by atoms with Gasteiger partial charge in [-0.15, -0.1) is 11.3 Å². The van der Waals surface area contributed by atoms with Gasteiger partial charge in [0.05, 0.1) is 4.88 Å². The maximum absolute atomic E-state index is 11.8. The zero-order valence-corrected chi connectivity index (χ0v) is 11.1. The van der Waals surface area contributed by atoms with Crippen molar-refractivity contribution in [2.24, 2.45) is 0 Å². The first-order valence-electron chi connectivity index (χ1n) is 5.62. The lowest BCUT2D eigenvalue weighted by Crippen LogP contribution is -2.24. The number of hydrogen-bond acceptors (Lipinski definition) is 3. The molecule has 0 saturated carbocycles. The fraction of sp³-hybridized carbons (Fsp3) is 0.0769. The van der Waals surface area contributed by atoms with Crippen LogP contribution in [0.2, 0.25) is 0 Å². The summed E-state index contributed by atoms with van der Waals surface area (Å²) in [6.45, 7) is 0. The zero-order valence-electron chi connectivity index (χ0n) is 10.3. The molecule has 1 aromatic carbocycles. The molecule has 2 aromatic rings. The Balaban J connectivity index is 1.99. The number of rotatable bonds is 3. The van der Waals surface area contributed by atoms with Crippen LogP contribution in [0.5, 0.6) is 0 Å². The van der Waals surface area contributed by atoms with E-state index < -0.39 is 0 Å². The molecule has 3 amide bonds. The monoisotopic (exact) mass is 275 g/mol. The summed E-state index contributed by atoms with van der Waals surface area (Å²) >= 11 is 1.39. The van der Waals surface area contributed by atoms with Gasteiger partial charge < -0.3 is 16.0 Å². The summed E-state index contributed by atoms with van der Waals surface area (Å²) in [6, 6.07) is 10.2. The topological polar surface area (TPSA) is 70.2 Å². The fourth-order valence-corrected chi connectivity index (χ4v) is 2.05. The van der Waals surface area contributed by atoms with Crippen LogP contribution in [0.3, 0.4) is 0 Å². The van der Waals surface area contributed by atoms with Crippen LogP contribution in [0.25, 0.3) is 0 Å². The number of carbonyl (C=O) groups excluding carboxylic acids is 2. The molecule has 1 aromatic heterocycles. The van der Waals surface area contributed by atoms with E-state index in [2.05, 4.69) is 16.0 Å². The Kier molecular flexibility index (Phi) is 4.15. The SMILES string of the molecule is CNC(=O)Nc1ccc(NC(=O)c2cccs2)cc1. The summed E-state index contributed by atoms with van der Waals surface area (Å²) in [5.74, 6) is -0.137. The molecule has 19 heavy (non-hydrogen) atoms. The van der Waals surface area contributed by atoms with Gasteiger partial charge in [0, 0.05) is 18.4 Å². The summed E-state index contributed by atoms with van der Waals surface area (Å²) in [6.07, 6.45) is 0. The van der Waals surface area contributed by atoms with Gasteiger partial charge in [-0.25, -0.2) is 4.79 Å². The highest BCUT2D eigenvalue weighted by atomic mass is 32.1. The highest BCUT2D eigenvalue weighted by Crippen LogP contribution is 2.16.